The second-order valence-electron chi connectivity index (χ2n) is 5.80. The predicted molar refractivity (Wildman–Crippen MR) is 102 cm³/mol. The fraction of sp³-hybridized carbons (Fsp3) is 0.200. The van der Waals surface area contributed by atoms with Crippen LogP contribution in [0.1, 0.15) is 16.7 Å². The quantitative estimate of drug-likeness (QED) is 0.738. The van der Waals surface area contributed by atoms with Gasteiger partial charge < -0.3 is 9.47 Å². The molecule has 2 amide bonds. The van der Waals surface area contributed by atoms with Crippen LogP contribution in [0.15, 0.2) is 47.4 Å². The second kappa shape index (κ2) is 7.66. The highest BCUT2D eigenvalue weighted by Gasteiger charge is 2.35. The van der Waals surface area contributed by atoms with Gasteiger partial charge in [-0.3, -0.25) is 14.5 Å². The van der Waals surface area contributed by atoms with Crippen molar-refractivity contribution in [3.63, 3.8) is 0 Å². The first kappa shape index (κ1) is 18.1. The first-order valence-electron chi connectivity index (χ1n) is 8.05. The summed E-state index contributed by atoms with van der Waals surface area (Å²) >= 11 is 0.943. The van der Waals surface area contributed by atoms with Crippen molar-refractivity contribution < 1.29 is 19.1 Å². The predicted octanol–water partition coefficient (Wildman–Crippen LogP) is 4.25. The lowest BCUT2D eigenvalue weighted by atomic mass is 10.1. The van der Waals surface area contributed by atoms with Gasteiger partial charge in [0.1, 0.15) is 11.5 Å². The van der Waals surface area contributed by atoms with Gasteiger partial charge in [0.05, 0.1) is 25.7 Å². The van der Waals surface area contributed by atoms with Crippen molar-refractivity contribution in [1.82, 2.24) is 4.90 Å². The second-order valence-corrected chi connectivity index (χ2v) is 6.80. The van der Waals surface area contributed by atoms with E-state index >= 15 is 0 Å². The molecular weight excluding hydrogens is 350 g/mol. The summed E-state index contributed by atoms with van der Waals surface area (Å²) in [5.74, 6) is 0.947. The molecule has 26 heavy (non-hydrogen) atoms. The largest absolute Gasteiger partial charge is 0.497 e. The average molecular weight is 369 g/mol. The Balaban J connectivity index is 1.87. The standard InChI is InChI=1S/C20H19NO4S/c1-13-6-4-5-7-15(13)12-21-19(22)18(26-20(21)23)10-14-8-9-16(24-2)11-17(14)25-3/h4-11H,12H2,1-3H3/b18-10-. The number of nitrogens with zero attached hydrogens (tertiary/aromatic N) is 1. The van der Waals surface area contributed by atoms with Crippen LogP contribution in [0, 0.1) is 6.92 Å². The minimum Gasteiger partial charge on any atom is -0.497 e. The smallest absolute Gasteiger partial charge is 0.293 e. The number of rotatable bonds is 5. The van der Waals surface area contributed by atoms with E-state index < -0.39 is 0 Å². The van der Waals surface area contributed by atoms with Crippen LogP contribution in [0.25, 0.3) is 6.08 Å². The average Bonchev–Trinajstić information content (AvgIpc) is 2.91. The maximum Gasteiger partial charge on any atom is 0.293 e. The molecule has 0 atom stereocenters. The van der Waals surface area contributed by atoms with E-state index in [9.17, 15) is 9.59 Å². The Labute approximate surface area is 156 Å². The van der Waals surface area contributed by atoms with E-state index in [0.717, 1.165) is 28.5 Å². The molecule has 0 radical (unpaired) electrons. The van der Waals surface area contributed by atoms with Crippen LogP contribution in [0.2, 0.25) is 0 Å². The third-order valence-corrected chi connectivity index (χ3v) is 5.10. The van der Waals surface area contributed by atoms with Crippen LogP contribution >= 0.6 is 11.8 Å². The van der Waals surface area contributed by atoms with Gasteiger partial charge in [0, 0.05) is 11.6 Å². The lowest BCUT2D eigenvalue weighted by Crippen LogP contribution is -2.27. The molecule has 0 N–H and O–H groups in total. The summed E-state index contributed by atoms with van der Waals surface area (Å²) in [7, 11) is 3.13. The molecule has 1 heterocycles. The van der Waals surface area contributed by atoms with Crippen molar-refractivity contribution in [2.24, 2.45) is 0 Å². The molecule has 0 unspecified atom stereocenters. The molecule has 0 saturated carbocycles. The zero-order valence-electron chi connectivity index (χ0n) is 14.8. The number of aryl methyl sites for hydroxylation is 1. The Kier molecular flexibility index (Phi) is 5.32. The number of hydrogen-bond acceptors (Lipinski definition) is 5. The SMILES string of the molecule is COc1ccc(/C=C2\SC(=O)N(Cc3ccccc3C)C2=O)c(OC)c1. The molecule has 6 heteroatoms. The maximum atomic E-state index is 12.7. The van der Waals surface area contributed by atoms with Crippen molar-refractivity contribution in [3.05, 3.63) is 64.1 Å². The Hall–Kier alpha value is -2.73. The first-order valence-corrected chi connectivity index (χ1v) is 8.87. The molecule has 1 saturated heterocycles. The lowest BCUT2D eigenvalue weighted by molar-refractivity contribution is -0.123. The number of ether oxygens (including phenoxy) is 2. The van der Waals surface area contributed by atoms with Crippen LogP contribution < -0.4 is 9.47 Å². The molecule has 0 bridgehead atoms. The number of amides is 2. The first-order chi connectivity index (χ1) is 12.5. The van der Waals surface area contributed by atoms with Gasteiger partial charge in [-0.1, -0.05) is 24.3 Å². The van der Waals surface area contributed by atoms with Crippen LogP contribution in [0.5, 0.6) is 11.5 Å². The van der Waals surface area contributed by atoms with Crippen LogP contribution in [-0.4, -0.2) is 30.3 Å². The summed E-state index contributed by atoms with van der Waals surface area (Å²) in [5.41, 5.74) is 2.72. The zero-order valence-corrected chi connectivity index (χ0v) is 15.6. The monoisotopic (exact) mass is 369 g/mol. The molecular formula is C20H19NO4S. The molecule has 2 aromatic carbocycles. The fourth-order valence-corrected chi connectivity index (χ4v) is 3.50. The highest BCUT2D eigenvalue weighted by atomic mass is 32.2. The maximum absolute atomic E-state index is 12.7. The van der Waals surface area contributed by atoms with Crippen molar-refractivity contribution >= 4 is 29.0 Å². The number of thioether (sulfide) groups is 1. The molecule has 5 nitrogen and oxygen atoms in total. The third-order valence-electron chi connectivity index (χ3n) is 4.19. The van der Waals surface area contributed by atoms with Gasteiger partial charge in [0.2, 0.25) is 0 Å². The van der Waals surface area contributed by atoms with Gasteiger partial charge >= 0.3 is 0 Å². The summed E-state index contributed by atoms with van der Waals surface area (Å²) in [5, 5.41) is -0.267. The Morgan fingerprint density at radius 3 is 2.54 bits per heavy atom. The number of imide groups is 1. The van der Waals surface area contributed by atoms with Crippen molar-refractivity contribution in [2.45, 2.75) is 13.5 Å². The van der Waals surface area contributed by atoms with Gasteiger partial charge in [-0.2, -0.15) is 0 Å². The van der Waals surface area contributed by atoms with Gasteiger partial charge in [0.25, 0.3) is 11.1 Å². The molecule has 0 spiro atoms. The van der Waals surface area contributed by atoms with Gasteiger partial charge in [-0.05, 0) is 48.0 Å². The van der Waals surface area contributed by atoms with E-state index in [2.05, 4.69) is 0 Å². The van der Waals surface area contributed by atoms with Crippen molar-refractivity contribution in [2.75, 3.05) is 14.2 Å². The summed E-state index contributed by atoms with van der Waals surface area (Å²) in [4.78, 5) is 26.7. The van der Waals surface area contributed by atoms with Gasteiger partial charge in [-0.25, -0.2) is 0 Å². The normalized spacial score (nSPS) is 15.7. The molecule has 2 aromatic rings. The van der Waals surface area contributed by atoms with E-state index in [1.54, 1.807) is 38.5 Å². The van der Waals surface area contributed by atoms with Crippen LogP contribution in [0.4, 0.5) is 4.79 Å². The molecule has 0 aliphatic carbocycles. The molecule has 1 fully saturated rings. The fourth-order valence-electron chi connectivity index (χ4n) is 2.67. The van der Waals surface area contributed by atoms with Crippen LogP contribution in [0.3, 0.4) is 0 Å². The topological polar surface area (TPSA) is 55.8 Å². The number of hydrogen-bond donors (Lipinski definition) is 0. The number of carbonyl (C=O) groups is 2. The number of methoxy groups -OCH3 is 2. The van der Waals surface area contributed by atoms with E-state index in [1.165, 1.54) is 4.90 Å². The van der Waals surface area contributed by atoms with Gasteiger partial charge in [-0.15, -0.1) is 0 Å². The summed E-state index contributed by atoms with van der Waals surface area (Å²) in [6.45, 7) is 2.24. The summed E-state index contributed by atoms with van der Waals surface area (Å²) in [6.07, 6.45) is 1.68. The Morgan fingerprint density at radius 2 is 1.85 bits per heavy atom. The van der Waals surface area contributed by atoms with E-state index in [0.29, 0.717) is 16.4 Å². The van der Waals surface area contributed by atoms with Crippen LogP contribution in [-0.2, 0) is 11.3 Å². The summed E-state index contributed by atoms with van der Waals surface area (Å²) < 4.78 is 10.5. The molecule has 0 aromatic heterocycles. The highest BCUT2D eigenvalue weighted by Crippen LogP contribution is 2.35. The minimum atomic E-state index is -0.291. The highest BCUT2D eigenvalue weighted by molar-refractivity contribution is 8.18. The Morgan fingerprint density at radius 1 is 1.08 bits per heavy atom. The molecule has 3 rings (SSSR count). The van der Waals surface area contributed by atoms with E-state index in [-0.39, 0.29) is 17.7 Å². The van der Waals surface area contributed by atoms with E-state index in [4.69, 9.17) is 9.47 Å². The Bertz CT molecular complexity index is 891. The molecule has 134 valence electrons. The molecule has 1 aliphatic rings. The number of carbonyl (C=O) groups excluding carboxylic acids is 2. The van der Waals surface area contributed by atoms with E-state index in [1.807, 2.05) is 31.2 Å². The molecule has 1 aliphatic heterocycles. The third kappa shape index (κ3) is 3.60. The summed E-state index contributed by atoms with van der Waals surface area (Å²) in [6, 6.07) is 13.0. The van der Waals surface area contributed by atoms with Crippen molar-refractivity contribution in [1.29, 1.82) is 0 Å². The van der Waals surface area contributed by atoms with Gasteiger partial charge in [0.15, 0.2) is 0 Å². The zero-order chi connectivity index (χ0) is 18.7. The minimum absolute atomic E-state index is 0.267. The van der Waals surface area contributed by atoms with Crippen molar-refractivity contribution in [3.8, 4) is 11.5 Å². The number of benzene rings is 2. The lowest BCUT2D eigenvalue weighted by Gasteiger charge is -2.14.